The molecule has 1 N–H and O–H groups in total. The predicted octanol–water partition coefficient (Wildman–Crippen LogP) is 3.19. The van der Waals surface area contributed by atoms with Crippen molar-refractivity contribution in [3.05, 3.63) is 53.1 Å². The van der Waals surface area contributed by atoms with Gasteiger partial charge in [0.1, 0.15) is 23.0 Å². The summed E-state index contributed by atoms with van der Waals surface area (Å²) in [5.74, 6) is 1.64. The van der Waals surface area contributed by atoms with Gasteiger partial charge in [0.2, 0.25) is 16.0 Å². The van der Waals surface area contributed by atoms with E-state index in [4.69, 9.17) is 9.47 Å². The Bertz CT molecular complexity index is 1410. The van der Waals surface area contributed by atoms with Crippen LogP contribution in [0.2, 0.25) is 0 Å². The molecule has 0 bridgehead atoms. The fraction of sp³-hybridized carbons (Fsp3) is 0.318. The van der Waals surface area contributed by atoms with E-state index in [1.807, 2.05) is 19.2 Å². The second kappa shape index (κ2) is 9.96. The molecule has 0 fully saturated rings. The molecule has 0 saturated carbocycles. The van der Waals surface area contributed by atoms with Crippen LogP contribution in [0.5, 0.6) is 11.5 Å². The lowest BCUT2D eigenvalue weighted by molar-refractivity contribution is 0.391. The minimum atomic E-state index is -3.91. The summed E-state index contributed by atoms with van der Waals surface area (Å²) >= 11 is 1.37. The molecule has 0 amide bonds. The van der Waals surface area contributed by atoms with Crippen molar-refractivity contribution in [1.29, 1.82) is 0 Å². The van der Waals surface area contributed by atoms with Crippen molar-refractivity contribution >= 4 is 27.3 Å². The number of rotatable bonds is 9. The van der Waals surface area contributed by atoms with E-state index in [0.29, 0.717) is 33.8 Å². The molecule has 3 heterocycles. The highest BCUT2D eigenvalue weighted by Crippen LogP contribution is 2.38. The number of anilines is 1. The van der Waals surface area contributed by atoms with E-state index < -0.39 is 15.3 Å². The maximum atomic E-state index is 13.3. The van der Waals surface area contributed by atoms with Crippen LogP contribution in [-0.4, -0.2) is 57.6 Å². The third-order valence-corrected chi connectivity index (χ3v) is 7.82. The number of nitrogens with zero attached hydrogens (tertiary/aromatic N) is 6. The van der Waals surface area contributed by atoms with E-state index >= 15 is 0 Å². The standard InChI is InChI=1S/C22H25N7O4S2/c1-13-10-23-18(24-11-13)9-15(3)35(30,31)28-22-27-26-20(21-25-14(2)12-34-21)29(22)19-16(32-4)7-6-8-17(19)33-5/h6-8,10-12,15H,9H2,1-5H3,(H,27,28)/t15-/m0/s1. The van der Waals surface area contributed by atoms with Gasteiger partial charge in [-0.05, 0) is 38.5 Å². The summed E-state index contributed by atoms with van der Waals surface area (Å²) in [5.41, 5.74) is 2.14. The normalized spacial score (nSPS) is 12.4. The van der Waals surface area contributed by atoms with Crippen LogP contribution >= 0.6 is 11.3 Å². The lowest BCUT2D eigenvalue weighted by Crippen LogP contribution is -2.29. The Labute approximate surface area is 207 Å². The number of hydrogen-bond acceptors (Lipinski definition) is 10. The second-order valence-corrected chi connectivity index (χ2v) is 10.8. The average molecular weight is 516 g/mol. The zero-order chi connectivity index (χ0) is 25.2. The molecule has 0 saturated heterocycles. The van der Waals surface area contributed by atoms with Crippen molar-refractivity contribution in [2.24, 2.45) is 0 Å². The van der Waals surface area contributed by atoms with E-state index in [1.165, 1.54) is 25.6 Å². The summed E-state index contributed by atoms with van der Waals surface area (Å²) in [6, 6.07) is 5.25. The van der Waals surface area contributed by atoms with Crippen molar-refractivity contribution < 1.29 is 17.9 Å². The highest BCUT2D eigenvalue weighted by Gasteiger charge is 2.29. The third-order valence-electron chi connectivity index (χ3n) is 5.17. The van der Waals surface area contributed by atoms with E-state index in [2.05, 4.69) is 29.9 Å². The molecule has 13 heteroatoms. The van der Waals surface area contributed by atoms with Crippen molar-refractivity contribution in [1.82, 2.24) is 29.7 Å². The molecule has 3 aromatic heterocycles. The quantitative estimate of drug-likeness (QED) is 0.357. The minimum Gasteiger partial charge on any atom is -0.494 e. The maximum Gasteiger partial charge on any atom is 0.243 e. The van der Waals surface area contributed by atoms with Crippen LogP contribution in [0.1, 0.15) is 24.0 Å². The van der Waals surface area contributed by atoms with Crippen LogP contribution < -0.4 is 14.2 Å². The Balaban J connectivity index is 1.79. The van der Waals surface area contributed by atoms with Crippen molar-refractivity contribution in [3.63, 3.8) is 0 Å². The topological polar surface area (TPSA) is 134 Å². The molecule has 0 unspecified atom stereocenters. The molecular formula is C22H25N7O4S2. The van der Waals surface area contributed by atoms with Crippen molar-refractivity contribution in [3.8, 4) is 28.0 Å². The average Bonchev–Trinajstić information content (AvgIpc) is 3.45. The molecule has 0 aliphatic carbocycles. The Kier molecular flexibility index (Phi) is 6.98. The molecule has 4 aromatic rings. The van der Waals surface area contributed by atoms with E-state index in [9.17, 15) is 8.42 Å². The molecule has 11 nitrogen and oxygen atoms in total. The third kappa shape index (κ3) is 5.10. The first kappa shape index (κ1) is 24.5. The van der Waals surface area contributed by atoms with Gasteiger partial charge in [0, 0.05) is 29.9 Å². The van der Waals surface area contributed by atoms with Gasteiger partial charge >= 0.3 is 0 Å². The lowest BCUT2D eigenvalue weighted by atomic mass is 10.2. The molecule has 0 spiro atoms. The summed E-state index contributed by atoms with van der Waals surface area (Å²) in [7, 11) is -0.873. The monoisotopic (exact) mass is 515 g/mol. The molecule has 4 rings (SSSR count). The maximum absolute atomic E-state index is 13.3. The Morgan fingerprint density at radius 3 is 2.31 bits per heavy atom. The Hall–Kier alpha value is -3.58. The number of aryl methyl sites for hydroxylation is 2. The fourth-order valence-corrected chi connectivity index (χ4v) is 5.05. The number of methoxy groups -OCH3 is 2. The van der Waals surface area contributed by atoms with Gasteiger partial charge in [0.15, 0.2) is 10.8 Å². The van der Waals surface area contributed by atoms with Crippen LogP contribution in [0.15, 0.2) is 36.0 Å². The second-order valence-electron chi connectivity index (χ2n) is 7.83. The molecule has 0 radical (unpaired) electrons. The first-order valence-corrected chi connectivity index (χ1v) is 13.0. The number of nitrogens with one attached hydrogen (secondary N) is 1. The van der Waals surface area contributed by atoms with Crippen molar-refractivity contribution in [2.75, 3.05) is 18.9 Å². The number of thiazole rings is 1. The van der Waals surface area contributed by atoms with E-state index in [0.717, 1.165) is 11.3 Å². The fourth-order valence-electron chi connectivity index (χ4n) is 3.33. The number of sulfonamides is 1. The van der Waals surface area contributed by atoms with Crippen LogP contribution in [0.25, 0.3) is 16.5 Å². The molecule has 0 aliphatic rings. The SMILES string of the molecule is COc1cccc(OC)c1-n1c(NS(=O)(=O)[C@@H](C)Cc2ncc(C)cn2)nnc1-c1nc(C)cs1. The number of para-hydroxylation sites is 1. The summed E-state index contributed by atoms with van der Waals surface area (Å²) in [4.78, 5) is 12.9. The zero-order valence-corrected chi connectivity index (χ0v) is 21.5. The number of ether oxygens (including phenoxy) is 2. The van der Waals surface area contributed by atoms with Gasteiger partial charge in [-0.25, -0.2) is 23.4 Å². The molecule has 35 heavy (non-hydrogen) atoms. The number of benzene rings is 1. The Morgan fingerprint density at radius 2 is 1.74 bits per heavy atom. The molecule has 0 aliphatic heterocycles. The molecular weight excluding hydrogens is 490 g/mol. The van der Waals surface area contributed by atoms with Gasteiger partial charge < -0.3 is 9.47 Å². The Morgan fingerprint density at radius 1 is 1.09 bits per heavy atom. The van der Waals surface area contributed by atoms with Gasteiger partial charge in [-0.3, -0.25) is 9.29 Å². The molecule has 184 valence electrons. The largest absolute Gasteiger partial charge is 0.494 e. The minimum absolute atomic E-state index is 0.0210. The summed E-state index contributed by atoms with van der Waals surface area (Å²) < 4.78 is 41.8. The van der Waals surface area contributed by atoms with Crippen molar-refractivity contribution in [2.45, 2.75) is 32.4 Å². The van der Waals surface area contributed by atoms with Gasteiger partial charge in [-0.1, -0.05) is 6.07 Å². The van der Waals surface area contributed by atoms with Crippen LogP contribution in [0.3, 0.4) is 0 Å². The van der Waals surface area contributed by atoms with Crippen LogP contribution in [0, 0.1) is 13.8 Å². The van der Waals surface area contributed by atoms with Crippen LogP contribution in [-0.2, 0) is 16.4 Å². The van der Waals surface area contributed by atoms with Crippen LogP contribution in [0.4, 0.5) is 5.95 Å². The lowest BCUT2D eigenvalue weighted by Gasteiger charge is -2.18. The first-order valence-electron chi connectivity index (χ1n) is 10.6. The van der Waals surface area contributed by atoms with Gasteiger partial charge in [-0.15, -0.1) is 21.5 Å². The molecule has 1 aromatic carbocycles. The summed E-state index contributed by atoms with van der Waals surface area (Å²) in [6.45, 7) is 5.32. The number of aromatic nitrogens is 6. The highest BCUT2D eigenvalue weighted by molar-refractivity contribution is 7.93. The smallest absolute Gasteiger partial charge is 0.243 e. The van der Waals surface area contributed by atoms with E-state index in [1.54, 1.807) is 42.1 Å². The first-order chi connectivity index (χ1) is 16.7. The summed E-state index contributed by atoms with van der Waals surface area (Å²) in [5, 5.41) is 10.0. The summed E-state index contributed by atoms with van der Waals surface area (Å²) in [6.07, 6.45) is 3.43. The van der Waals surface area contributed by atoms with Gasteiger partial charge in [0.25, 0.3) is 0 Å². The predicted molar refractivity (Wildman–Crippen MR) is 133 cm³/mol. The van der Waals surface area contributed by atoms with Gasteiger partial charge in [-0.2, -0.15) is 0 Å². The number of hydrogen-bond donors (Lipinski definition) is 1. The molecule has 1 atom stereocenters. The highest BCUT2D eigenvalue weighted by atomic mass is 32.2. The zero-order valence-electron chi connectivity index (χ0n) is 19.9. The van der Waals surface area contributed by atoms with Gasteiger partial charge in [0.05, 0.1) is 19.5 Å². The van der Waals surface area contributed by atoms with E-state index in [-0.39, 0.29) is 12.4 Å².